The van der Waals surface area contributed by atoms with Crippen LogP contribution in [0.2, 0.25) is 5.02 Å². The van der Waals surface area contributed by atoms with Crippen molar-refractivity contribution < 1.29 is 19.1 Å². The van der Waals surface area contributed by atoms with Crippen molar-refractivity contribution in [3.63, 3.8) is 0 Å². The second kappa shape index (κ2) is 10.6. The van der Waals surface area contributed by atoms with E-state index in [-0.39, 0.29) is 12.5 Å². The van der Waals surface area contributed by atoms with Gasteiger partial charge in [-0.1, -0.05) is 23.7 Å². The number of ether oxygens (including phenoxy) is 1. The number of rotatable bonds is 9. The summed E-state index contributed by atoms with van der Waals surface area (Å²) in [5, 5.41) is 19.9. The molecule has 0 unspecified atom stereocenters. The molecule has 3 aromatic heterocycles. The van der Waals surface area contributed by atoms with Gasteiger partial charge in [-0.25, -0.2) is 15.0 Å². The van der Waals surface area contributed by atoms with Crippen molar-refractivity contribution in [2.75, 3.05) is 18.5 Å². The molecular formula is C23H22ClN5O4S. The molecule has 0 aliphatic carbocycles. The normalized spacial score (nSPS) is 11.8. The third-order valence-electron chi connectivity index (χ3n) is 4.82. The van der Waals surface area contributed by atoms with Gasteiger partial charge in [0, 0.05) is 22.0 Å². The number of aromatic nitrogens is 3. The zero-order valence-corrected chi connectivity index (χ0v) is 20.0. The Morgan fingerprint density at radius 3 is 2.94 bits per heavy atom. The molecule has 11 heteroatoms. The third-order valence-corrected chi connectivity index (χ3v) is 5.78. The molecule has 0 bridgehead atoms. The van der Waals surface area contributed by atoms with Crippen LogP contribution in [0.5, 0.6) is 5.75 Å². The molecule has 1 amide bonds. The van der Waals surface area contributed by atoms with E-state index in [4.69, 9.17) is 20.8 Å². The Kier molecular flexibility index (Phi) is 7.41. The highest BCUT2D eigenvalue weighted by molar-refractivity contribution is 7.08. The first-order chi connectivity index (χ1) is 16.5. The number of nitrogens with one attached hydrogen (secondary N) is 2. The van der Waals surface area contributed by atoms with Gasteiger partial charge in [-0.15, -0.1) is 11.3 Å². The molecule has 0 fully saturated rings. The Morgan fingerprint density at radius 1 is 1.32 bits per heavy atom. The van der Waals surface area contributed by atoms with Crippen molar-refractivity contribution in [3.8, 4) is 17.1 Å². The summed E-state index contributed by atoms with van der Waals surface area (Å²) in [5.74, 6) is 0.349. The smallest absolute Gasteiger partial charge is 0.307 e. The summed E-state index contributed by atoms with van der Waals surface area (Å²) in [6.07, 6.45) is 3.02. The van der Waals surface area contributed by atoms with Crippen LogP contribution in [0.15, 0.2) is 51.9 Å². The summed E-state index contributed by atoms with van der Waals surface area (Å²) in [6.45, 7) is 3.98. The van der Waals surface area contributed by atoms with Crippen LogP contribution in [0.25, 0.3) is 11.4 Å². The number of halogens is 1. The van der Waals surface area contributed by atoms with Gasteiger partial charge in [0.2, 0.25) is 5.95 Å². The monoisotopic (exact) mass is 499 g/mol. The molecule has 1 aromatic carbocycles. The number of carbonyl (C=O) groups excluding carboxylic acids is 1. The van der Waals surface area contributed by atoms with Crippen LogP contribution < -0.4 is 15.4 Å². The molecule has 9 nitrogen and oxygen atoms in total. The quantitative estimate of drug-likeness (QED) is 0.301. The minimum atomic E-state index is -0.664. The van der Waals surface area contributed by atoms with Crippen molar-refractivity contribution in [1.29, 1.82) is 0 Å². The van der Waals surface area contributed by atoms with E-state index in [1.54, 1.807) is 30.5 Å². The Balaban J connectivity index is 1.52. The fourth-order valence-electron chi connectivity index (χ4n) is 3.19. The highest BCUT2D eigenvalue weighted by atomic mass is 35.5. The van der Waals surface area contributed by atoms with Gasteiger partial charge in [0.25, 0.3) is 5.89 Å². The van der Waals surface area contributed by atoms with Gasteiger partial charge in [-0.2, -0.15) is 0 Å². The summed E-state index contributed by atoms with van der Waals surface area (Å²) in [5.41, 5.74) is 3.08. The number of carbonyl (C=O) groups is 1. The van der Waals surface area contributed by atoms with Crippen LogP contribution in [-0.2, 0) is 0 Å². The maximum Gasteiger partial charge on any atom is 0.307 e. The van der Waals surface area contributed by atoms with E-state index in [0.717, 1.165) is 17.0 Å². The Morgan fingerprint density at radius 2 is 2.18 bits per heavy atom. The number of amides is 1. The van der Waals surface area contributed by atoms with Gasteiger partial charge >= 0.3 is 5.91 Å². The highest BCUT2D eigenvalue weighted by Gasteiger charge is 2.21. The van der Waals surface area contributed by atoms with E-state index in [1.807, 2.05) is 24.6 Å². The average molecular weight is 500 g/mol. The fraction of sp³-hybridized carbons (Fsp3) is 0.217. The Bertz CT molecular complexity index is 1290. The van der Waals surface area contributed by atoms with Crippen LogP contribution in [-0.4, -0.2) is 39.2 Å². The first-order valence-corrected chi connectivity index (χ1v) is 11.7. The molecule has 34 heavy (non-hydrogen) atoms. The minimum Gasteiger partial charge on any atom is -0.491 e. The maximum atomic E-state index is 12.7. The molecule has 0 saturated carbocycles. The van der Waals surface area contributed by atoms with Gasteiger partial charge < -0.3 is 24.9 Å². The number of hydrogen-bond acceptors (Lipinski definition) is 9. The number of anilines is 2. The van der Waals surface area contributed by atoms with E-state index in [9.17, 15) is 9.90 Å². The molecule has 0 saturated heterocycles. The molecule has 0 aliphatic rings. The standard InChI is InChI=1S/C23H22ClN5O4S/c1-3-32-19-12-34-11-18(19)28-23-25-8-13(2)20(29-23)17-10-33-22(27-17)21(31)26-16(9-30)14-5-4-6-15(24)7-14/h4-8,10-12,16,30H,3,9H2,1-2H3,(H,26,31)(H,25,28,29)/t16-/m1/s1. The third kappa shape index (κ3) is 5.36. The van der Waals surface area contributed by atoms with Crippen molar-refractivity contribution in [2.45, 2.75) is 19.9 Å². The Labute approximate surface area is 204 Å². The number of aryl methyl sites for hydroxylation is 1. The molecule has 176 valence electrons. The maximum absolute atomic E-state index is 12.7. The Hall–Kier alpha value is -3.47. The molecule has 0 aliphatic heterocycles. The van der Waals surface area contributed by atoms with Crippen molar-refractivity contribution in [2.24, 2.45) is 0 Å². The molecule has 0 spiro atoms. The number of hydrogen-bond donors (Lipinski definition) is 3. The van der Waals surface area contributed by atoms with Crippen molar-refractivity contribution in [3.05, 3.63) is 69.5 Å². The predicted octanol–water partition coefficient (Wildman–Crippen LogP) is 4.76. The molecule has 3 N–H and O–H groups in total. The average Bonchev–Trinajstić information content (AvgIpc) is 3.49. The topological polar surface area (TPSA) is 122 Å². The lowest BCUT2D eigenvalue weighted by Crippen LogP contribution is -2.31. The second-order valence-corrected chi connectivity index (χ2v) is 8.41. The molecule has 4 aromatic rings. The lowest BCUT2D eigenvalue weighted by molar-refractivity contribution is 0.0881. The number of aliphatic hydroxyl groups is 1. The highest BCUT2D eigenvalue weighted by Crippen LogP contribution is 2.31. The SMILES string of the molecule is CCOc1cscc1Nc1ncc(C)c(-c2coc(C(=O)N[C@H](CO)c3cccc(Cl)c3)n2)n1. The zero-order valence-electron chi connectivity index (χ0n) is 18.4. The summed E-state index contributed by atoms with van der Waals surface area (Å²) in [6, 6.07) is 6.23. The van der Waals surface area contributed by atoms with Gasteiger partial charge in [0.15, 0.2) is 5.75 Å². The molecule has 0 radical (unpaired) electrons. The number of aliphatic hydroxyl groups excluding tert-OH is 1. The molecule has 3 heterocycles. The van der Waals surface area contributed by atoms with Gasteiger partial charge in [-0.3, -0.25) is 4.79 Å². The lowest BCUT2D eigenvalue weighted by atomic mass is 10.1. The van der Waals surface area contributed by atoms with Gasteiger partial charge in [0.05, 0.1) is 24.9 Å². The van der Waals surface area contributed by atoms with Crippen molar-refractivity contribution in [1.82, 2.24) is 20.3 Å². The van der Waals surface area contributed by atoms with E-state index in [2.05, 4.69) is 25.6 Å². The number of nitrogens with zero attached hydrogens (tertiary/aromatic N) is 3. The van der Waals surface area contributed by atoms with Crippen LogP contribution >= 0.6 is 22.9 Å². The van der Waals surface area contributed by atoms with Crippen LogP contribution in [0, 0.1) is 6.92 Å². The van der Waals surface area contributed by atoms with E-state index >= 15 is 0 Å². The first-order valence-electron chi connectivity index (χ1n) is 10.4. The summed E-state index contributed by atoms with van der Waals surface area (Å²) in [4.78, 5) is 25.9. The van der Waals surface area contributed by atoms with E-state index in [0.29, 0.717) is 34.5 Å². The first kappa shape index (κ1) is 23.7. The number of benzene rings is 1. The van der Waals surface area contributed by atoms with Crippen LogP contribution in [0.3, 0.4) is 0 Å². The lowest BCUT2D eigenvalue weighted by Gasteiger charge is -2.15. The zero-order chi connectivity index (χ0) is 24.1. The van der Waals surface area contributed by atoms with Crippen molar-refractivity contribution >= 4 is 40.5 Å². The number of oxazole rings is 1. The fourth-order valence-corrected chi connectivity index (χ4v) is 4.09. The summed E-state index contributed by atoms with van der Waals surface area (Å²) < 4.78 is 11.0. The number of thiophene rings is 1. The largest absolute Gasteiger partial charge is 0.491 e. The van der Waals surface area contributed by atoms with Crippen LogP contribution in [0.4, 0.5) is 11.6 Å². The van der Waals surface area contributed by atoms with Gasteiger partial charge in [0.1, 0.15) is 17.7 Å². The molecule has 1 atom stereocenters. The second-order valence-electron chi connectivity index (χ2n) is 7.23. The van der Waals surface area contributed by atoms with E-state index in [1.165, 1.54) is 17.6 Å². The summed E-state index contributed by atoms with van der Waals surface area (Å²) >= 11 is 7.52. The summed E-state index contributed by atoms with van der Waals surface area (Å²) in [7, 11) is 0. The molecular weight excluding hydrogens is 478 g/mol. The molecule has 4 rings (SSSR count). The van der Waals surface area contributed by atoms with Crippen LogP contribution in [0.1, 0.15) is 34.8 Å². The predicted molar refractivity (Wildman–Crippen MR) is 130 cm³/mol. The van der Waals surface area contributed by atoms with E-state index < -0.39 is 11.9 Å². The van der Waals surface area contributed by atoms with Gasteiger partial charge in [-0.05, 0) is 37.1 Å². The minimum absolute atomic E-state index is 0.153.